The van der Waals surface area contributed by atoms with E-state index in [0.717, 1.165) is 6.07 Å². The van der Waals surface area contributed by atoms with Crippen LogP contribution in [0.15, 0.2) is 23.1 Å². The van der Waals surface area contributed by atoms with Gasteiger partial charge in [-0.3, -0.25) is 5.41 Å². The Labute approximate surface area is 106 Å². The Morgan fingerprint density at radius 1 is 1.50 bits per heavy atom. The van der Waals surface area contributed by atoms with E-state index in [-0.39, 0.29) is 17.3 Å². The molecule has 18 heavy (non-hydrogen) atoms. The van der Waals surface area contributed by atoms with Gasteiger partial charge in [0.05, 0.1) is 10.7 Å². The normalized spacial score (nSPS) is 11.4. The molecule has 0 aliphatic heterocycles. The molecule has 1 aromatic rings. The monoisotopic (exact) mass is 273 g/mol. The lowest BCUT2D eigenvalue weighted by Gasteiger charge is -2.09. The van der Waals surface area contributed by atoms with Gasteiger partial charge in [-0.15, -0.1) is 0 Å². The van der Waals surface area contributed by atoms with Crippen LogP contribution < -0.4 is 10.5 Å². The SMILES string of the molecule is Cc1ccc(F)cc1S(=O)(=O)NCCCC(=N)N. The molecule has 0 amide bonds. The first-order valence-electron chi connectivity index (χ1n) is 5.41. The highest BCUT2D eigenvalue weighted by Crippen LogP contribution is 2.16. The quantitative estimate of drug-likeness (QED) is 0.412. The summed E-state index contributed by atoms with van der Waals surface area (Å²) >= 11 is 0. The second-order valence-corrected chi connectivity index (χ2v) is 5.67. The summed E-state index contributed by atoms with van der Waals surface area (Å²) in [4.78, 5) is -0.0645. The molecule has 0 fully saturated rings. The summed E-state index contributed by atoms with van der Waals surface area (Å²) in [7, 11) is -3.71. The van der Waals surface area contributed by atoms with E-state index in [9.17, 15) is 12.8 Å². The van der Waals surface area contributed by atoms with Crippen molar-refractivity contribution in [2.24, 2.45) is 5.73 Å². The average molecular weight is 273 g/mol. The van der Waals surface area contributed by atoms with E-state index in [1.165, 1.54) is 12.1 Å². The maximum atomic E-state index is 13.0. The Morgan fingerprint density at radius 2 is 2.17 bits per heavy atom. The molecule has 0 heterocycles. The Hall–Kier alpha value is -1.47. The van der Waals surface area contributed by atoms with Crippen molar-refractivity contribution in [2.75, 3.05) is 6.54 Å². The predicted octanol–water partition coefficient (Wildman–Crippen LogP) is 1.13. The van der Waals surface area contributed by atoms with Gasteiger partial charge in [-0.05, 0) is 31.0 Å². The average Bonchev–Trinajstić information content (AvgIpc) is 2.27. The maximum absolute atomic E-state index is 13.0. The third-order valence-electron chi connectivity index (χ3n) is 2.35. The van der Waals surface area contributed by atoms with Gasteiger partial charge in [-0.2, -0.15) is 0 Å². The molecule has 0 saturated heterocycles. The van der Waals surface area contributed by atoms with Crippen LogP contribution in [0.2, 0.25) is 0 Å². The number of sulfonamides is 1. The summed E-state index contributed by atoms with van der Waals surface area (Å²) in [6.07, 6.45) is 0.758. The largest absolute Gasteiger partial charge is 0.388 e. The van der Waals surface area contributed by atoms with Crippen molar-refractivity contribution in [3.8, 4) is 0 Å². The van der Waals surface area contributed by atoms with Crippen molar-refractivity contribution in [3.05, 3.63) is 29.6 Å². The van der Waals surface area contributed by atoms with Gasteiger partial charge in [-0.1, -0.05) is 6.07 Å². The molecule has 0 radical (unpaired) electrons. The highest BCUT2D eigenvalue weighted by molar-refractivity contribution is 7.89. The first kappa shape index (κ1) is 14.6. The summed E-state index contributed by atoms with van der Waals surface area (Å²) in [5.74, 6) is -0.583. The highest BCUT2D eigenvalue weighted by atomic mass is 32.2. The van der Waals surface area contributed by atoms with Crippen LogP contribution in [-0.2, 0) is 10.0 Å². The van der Waals surface area contributed by atoms with Gasteiger partial charge >= 0.3 is 0 Å². The zero-order chi connectivity index (χ0) is 13.8. The van der Waals surface area contributed by atoms with E-state index in [1.54, 1.807) is 6.92 Å². The molecule has 0 aliphatic carbocycles. The van der Waals surface area contributed by atoms with E-state index >= 15 is 0 Å². The minimum Gasteiger partial charge on any atom is -0.388 e. The Bertz CT molecular complexity index is 543. The van der Waals surface area contributed by atoms with E-state index in [0.29, 0.717) is 18.4 Å². The molecule has 0 aliphatic rings. The number of nitrogens with two attached hydrogens (primary N) is 1. The van der Waals surface area contributed by atoms with Crippen molar-refractivity contribution >= 4 is 15.9 Å². The maximum Gasteiger partial charge on any atom is 0.240 e. The molecule has 1 aromatic carbocycles. The molecule has 0 unspecified atom stereocenters. The lowest BCUT2D eigenvalue weighted by molar-refractivity contribution is 0.575. The van der Waals surface area contributed by atoms with Gasteiger partial charge in [0.25, 0.3) is 0 Å². The zero-order valence-electron chi connectivity index (χ0n) is 10.0. The molecule has 0 bridgehead atoms. The fourth-order valence-corrected chi connectivity index (χ4v) is 2.75. The van der Waals surface area contributed by atoms with Gasteiger partial charge in [0.1, 0.15) is 5.82 Å². The molecule has 0 saturated carbocycles. The number of hydrogen-bond acceptors (Lipinski definition) is 3. The van der Waals surface area contributed by atoms with Gasteiger partial charge in [-0.25, -0.2) is 17.5 Å². The van der Waals surface area contributed by atoms with Crippen LogP contribution in [0, 0.1) is 18.2 Å². The lowest BCUT2D eigenvalue weighted by Crippen LogP contribution is -2.26. The molecule has 7 heteroatoms. The third kappa shape index (κ3) is 4.08. The Balaban J connectivity index is 2.74. The first-order chi connectivity index (χ1) is 8.33. The van der Waals surface area contributed by atoms with Gasteiger partial charge < -0.3 is 5.73 Å². The van der Waals surface area contributed by atoms with Crippen LogP contribution in [0.3, 0.4) is 0 Å². The molecule has 1 rings (SSSR count). The number of benzene rings is 1. The van der Waals surface area contributed by atoms with Crippen molar-refractivity contribution in [1.82, 2.24) is 4.72 Å². The summed E-state index contributed by atoms with van der Waals surface area (Å²) in [5, 5.41) is 7.01. The topological polar surface area (TPSA) is 96.0 Å². The Morgan fingerprint density at radius 3 is 2.78 bits per heavy atom. The van der Waals surface area contributed by atoms with Crippen molar-refractivity contribution in [2.45, 2.75) is 24.7 Å². The third-order valence-corrected chi connectivity index (χ3v) is 3.96. The second kappa shape index (κ2) is 5.92. The first-order valence-corrected chi connectivity index (χ1v) is 6.90. The Kier molecular flexibility index (Phi) is 4.80. The molecular weight excluding hydrogens is 257 g/mol. The van der Waals surface area contributed by atoms with Gasteiger partial charge in [0.2, 0.25) is 10.0 Å². The second-order valence-electron chi connectivity index (χ2n) is 3.94. The fraction of sp³-hybridized carbons (Fsp3) is 0.364. The van der Waals surface area contributed by atoms with Crippen LogP contribution in [0.1, 0.15) is 18.4 Å². The van der Waals surface area contributed by atoms with Gasteiger partial charge in [0, 0.05) is 13.0 Å². The molecule has 4 N–H and O–H groups in total. The summed E-state index contributed by atoms with van der Waals surface area (Å²) in [6, 6.07) is 3.62. The van der Waals surface area contributed by atoms with Crippen molar-refractivity contribution in [1.29, 1.82) is 5.41 Å². The molecular formula is C11H16FN3O2S. The van der Waals surface area contributed by atoms with Gasteiger partial charge in [0.15, 0.2) is 0 Å². The summed E-state index contributed by atoms with van der Waals surface area (Å²) < 4.78 is 39.2. The van der Waals surface area contributed by atoms with Crippen molar-refractivity contribution in [3.63, 3.8) is 0 Å². The minimum atomic E-state index is -3.71. The lowest BCUT2D eigenvalue weighted by atomic mass is 10.2. The molecule has 100 valence electrons. The molecule has 0 aromatic heterocycles. The van der Waals surface area contributed by atoms with E-state index < -0.39 is 15.8 Å². The zero-order valence-corrected chi connectivity index (χ0v) is 10.8. The number of aryl methyl sites for hydroxylation is 1. The molecule has 5 nitrogen and oxygen atoms in total. The molecule has 0 atom stereocenters. The van der Waals surface area contributed by atoms with Crippen LogP contribution >= 0.6 is 0 Å². The minimum absolute atomic E-state index is 0.0103. The standard InChI is InChI=1S/C11H16FN3O2S/c1-8-4-5-9(12)7-10(8)18(16,17)15-6-2-3-11(13)14/h4-5,7,15H,2-3,6H2,1H3,(H3,13,14). The summed E-state index contributed by atoms with van der Waals surface area (Å²) in [5.41, 5.74) is 5.64. The van der Waals surface area contributed by atoms with E-state index in [2.05, 4.69) is 4.72 Å². The number of amidine groups is 1. The number of nitrogens with one attached hydrogen (secondary N) is 2. The van der Waals surface area contributed by atoms with E-state index in [1.807, 2.05) is 0 Å². The highest BCUT2D eigenvalue weighted by Gasteiger charge is 2.16. The fourth-order valence-electron chi connectivity index (χ4n) is 1.43. The van der Waals surface area contributed by atoms with Crippen LogP contribution in [0.5, 0.6) is 0 Å². The summed E-state index contributed by atoms with van der Waals surface area (Å²) in [6.45, 7) is 1.77. The predicted molar refractivity (Wildman–Crippen MR) is 67.5 cm³/mol. The smallest absolute Gasteiger partial charge is 0.240 e. The number of halogens is 1. The molecule has 0 spiro atoms. The van der Waals surface area contributed by atoms with Crippen LogP contribution in [-0.4, -0.2) is 20.8 Å². The number of hydrogen-bond donors (Lipinski definition) is 3. The number of rotatable bonds is 6. The van der Waals surface area contributed by atoms with Crippen LogP contribution in [0.25, 0.3) is 0 Å². The van der Waals surface area contributed by atoms with Crippen molar-refractivity contribution < 1.29 is 12.8 Å². The van der Waals surface area contributed by atoms with E-state index in [4.69, 9.17) is 11.1 Å². The van der Waals surface area contributed by atoms with Crippen LogP contribution in [0.4, 0.5) is 4.39 Å².